The average molecular weight is 198 g/mol. The summed E-state index contributed by atoms with van der Waals surface area (Å²) in [6, 6.07) is 0.619. The van der Waals surface area contributed by atoms with E-state index in [1.165, 1.54) is 0 Å². The van der Waals surface area contributed by atoms with E-state index in [2.05, 4.69) is 19.2 Å². The second kappa shape index (κ2) is 5.35. The van der Waals surface area contributed by atoms with Gasteiger partial charge >= 0.3 is 0 Å². The molecule has 0 unspecified atom stereocenters. The number of carbonyl (C=O) groups excluding carboxylic acids is 1. The first kappa shape index (κ1) is 11.5. The summed E-state index contributed by atoms with van der Waals surface area (Å²) in [6.45, 7) is 9.03. The number of hydrogen-bond acceptors (Lipinski definition) is 2. The first-order valence-electron chi connectivity index (χ1n) is 5.58. The van der Waals surface area contributed by atoms with Gasteiger partial charge in [-0.05, 0) is 25.3 Å². The van der Waals surface area contributed by atoms with E-state index in [1.807, 2.05) is 4.90 Å². The Morgan fingerprint density at radius 3 is 2.43 bits per heavy atom. The van der Waals surface area contributed by atoms with Crippen molar-refractivity contribution in [2.75, 3.05) is 19.6 Å². The Morgan fingerprint density at radius 1 is 1.43 bits per heavy atom. The molecule has 0 aromatic heterocycles. The number of nitrogens with zero attached hydrogens (tertiary/aromatic N) is 1. The third-order valence-electron chi connectivity index (χ3n) is 2.76. The van der Waals surface area contributed by atoms with E-state index in [-0.39, 0.29) is 5.91 Å². The van der Waals surface area contributed by atoms with Crippen LogP contribution in [-0.4, -0.2) is 36.5 Å². The van der Waals surface area contributed by atoms with Crippen molar-refractivity contribution < 1.29 is 4.79 Å². The molecule has 0 aromatic carbocycles. The Balaban J connectivity index is 2.19. The standard InChI is InChI=1S/C11H22N2O/c1-9(2)8-12-11-4-6-13(7-5-11)10(3)14/h9,11-12H,4-8H2,1-3H3. The summed E-state index contributed by atoms with van der Waals surface area (Å²) in [6.07, 6.45) is 2.21. The van der Waals surface area contributed by atoms with Crippen molar-refractivity contribution in [3.05, 3.63) is 0 Å². The predicted molar refractivity (Wildman–Crippen MR) is 58.1 cm³/mol. The average Bonchev–Trinajstić information content (AvgIpc) is 2.15. The molecule has 1 N–H and O–H groups in total. The molecule has 1 aliphatic rings. The maximum Gasteiger partial charge on any atom is 0.219 e. The zero-order valence-corrected chi connectivity index (χ0v) is 9.55. The molecule has 1 aliphatic heterocycles. The molecular weight excluding hydrogens is 176 g/mol. The molecule has 82 valence electrons. The Bertz CT molecular complexity index is 184. The summed E-state index contributed by atoms with van der Waals surface area (Å²) >= 11 is 0. The van der Waals surface area contributed by atoms with Crippen LogP contribution in [0.5, 0.6) is 0 Å². The summed E-state index contributed by atoms with van der Waals surface area (Å²) < 4.78 is 0. The van der Waals surface area contributed by atoms with Crippen LogP contribution in [0.2, 0.25) is 0 Å². The second-order valence-electron chi connectivity index (χ2n) is 4.58. The first-order chi connectivity index (χ1) is 6.59. The molecular formula is C11H22N2O. The second-order valence-corrected chi connectivity index (χ2v) is 4.58. The van der Waals surface area contributed by atoms with Crippen molar-refractivity contribution >= 4 is 5.91 Å². The summed E-state index contributed by atoms with van der Waals surface area (Å²) in [5, 5.41) is 3.54. The Hall–Kier alpha value is -0.570. The monoisotopic (exact) mass is 198 g/mol. The Kier molecular flexibility index (Phi) is 4.39. The van der Waals surface area contributed by atoms with Gasteiger partial charge in [0.15, 0.2) is 0 Å². The molecule has 1 saturated heterocycles. The zero-order chi connectivity index (χ0) is 10.6. The molecule has 1 heterocycles. The van der Waals surface area contributed by atoms with E-state index in [0.717, 1.165) is 32.5 Å². The molecule has 0 radical (unpaired) electrons. The topological polar surface area (TPSA) is 32.3 Å². The van der Waals surface area contributed by atoms with Crippen molar-refractivity contribution in [1.29, 1.82) is 0 Å². The summed E-state index contributed by atoms with van der Waals surface area (Å²) in [4.78, 5) is 13.0. The molecule has 1 fully saturated rings. The number of rotatable bonds is 3. The molecule has 1 amide bonds. The van der Waals surface area contributed by atoms with Gasteiger partial charge in [0.1, 0.15) is 0 Å². The van der Waals surface area contributed by atoms with Gasteiger partial charge in [-0.2, -0.15) is 0 Å². The molecule has 3 nitrogen and oxygen atoms in total. The molecule has 0 spiro atoms. The number of piperidine rings is 1. The van der Waals surface area contributed by atoms with E-state index in [0.29, 0.717) is 12.0 Å². The zero-order valence-electron chi connectivity index (χ0n) is 9.55. The highest BCUT2D eigenvalue weighted by Crippen LogP contribution is 2.10. The highest BCUT2D eigenvalue weighted by Gasteiger charge is 2.19. The van der Waals surface area contributed by atoms with Crippen LogP contribution in [0.3, 0.4) is 0 Å². The number of carbonyl (C=O) groups is 1. The molecule has 0 bridgehead atoms. The van der Waals surface area contributed by atoms with Gasteiger partial charge < -0.3 is 10.2 Å². The fourth-order valence-electron chi connectivity index (χ4n) is 1.80. The van der Waals surface area contributed by atoms with Crippen molar-refractivity contribution in [3.63, 3.8) is 0 Å². The molecule has 0 aliphatic carbocycles. The van der Waals surface area contributed by atoms with Gasteiger partial charge in [0.05, 0.1) is 0 Å². The lowest BCUT2D eigenvalue weighted by atomic mass is 10.0. The molecule has 0 aromatic rings. The lowest BCUT2D eigenvalue weighted by Gasteiger charge is -2.32. The minimum Gasteiger partial charge on any atom is -0.343 e. The number of hydrogen-bond donors (Lipinski definition) is 1. The molecule has 3 heteroatoms. The van der Waals surface area contributed by atoms with Crippen LogP contribution in [-0.2, 0) is 4.79 Å². The number of likely N-dealkylation sites (tertiary alicyclic amines) is 1. The Morgan fingerprint density at radius 2 is 2.00 bits per heavy atom. The number of nitrogens with one attached hydrogen (secondary N) is 1. The van der Waals surface area contributed by atoms with E-state index >= 15 is 0 Å². The van der Waals surface area contributed by atoms with Crippen molar-refractivity contribution in [2.45, 2.75) is 39.7 Å². The smallest absolute Gasteiger partial charge is 0.219 e. The van der Waals surface area contributed by atoms with Crippen molar-refractivity contribution in [2.24, 2.45) is 5.92 Å². The van der Waals surface area contributed by atoms with Gasteiger partial charge in [-0.1, -0.05) is 13.8 Å². The van der Waals surface area contributed by atoms with Gasteiger partial charge in [-0.25, -0.2) is 0 Å². The van der Waals surface area contributed by atoms with Crippen LogP contribution in [0.1, 0.15) is 33.6 Å². The van der Waals surface area contributed by atoms with E-state index < -0.39 is 0 Å². The van der Waals surface area contributed by atoms with Gasteiger partial charge in [0, 0.05) is 26.1 Å². The third-order valence-corrected chi connectivity index (χ3v) is 2.76. The van der Waals surface area contributed by atoms with Crippen molar-refractivity contribution in [1.82, 2.24) is 10.2 Å². The fourth-order valence-corrected chi connectivity index (χ4v) is 1.80. The van der Waals surface area contributed by atoms with Crippen LogP contribution in [0.4, 0.5) is 0 Å². The lowest BCUT2D eigenvalue weighted by Crippen LogP contribution is -2.44. The minimum absolute atomic E-state index is 0.215. The molecule has 0 saturated carbocycles. The van der Waals surface area contributed by atoms with E-state index in [1.54, 1.807) is 6.92 Å². The quantitative estimate of drug-likeness (QED) is 0.740. The maximum atomic E-state index is 11.1. The molecule has 0 atom stereocenters. The van der Waals surface area contributed by atoms with Crippen LogP contribution in [0.15, 0.2) is 0 Å². The van der Waals surface area contributed by atoms with Gasteiger partial charge in [0.25, 0.3) is 0 Å². The summed E-state index contributed by atoms with van der Waals surface area (Å²) in [5.41, 5.74) is 0. The van der Waals surface area contributed by atoms with Gasteiger partial charge in [0.2, 0.25) is 5.91 Å². The SMILES string of the molecule is CC(=O)N1CCC(NCC(C)C)CC1. The van der Waals surface area contributed by atoms with Gasteiger partial charge in [-0.3, -0.25) is 4.79 Å². The lowest BCUT2D eigenvalue weighted by molar-refractivity contribution is -0.129. The normalized spacial score (nSPS) is 19.0. The van der Waals surface area contributed by atoms with Crippen LogP contribution < -0.4 is 5.32 Å². The van der Waals surface area contributed by atoms with E-state index in [4.69, 9.17) is 0 Å². The minimum atomic E-state index is 0.215. The van der Waals surface area contributed by atoms with Crippen LogP contribution in [0.25, 0.3) is 0 Å². The van der Waals surface area contributed by atoms with E-state index in [9.17, 15) is 4.79 Å². The predicted octanol–water partition coefficient (Wildman–Crippen LogP) is 1.24. The molecule has 1 rings (SSSR count). The highest BCUT2D eigenvalue weighted by molar-refractivity contribution is 5.73. The summed E-state index contributed by atoms with van der Waals surface area (Å²) in [7, 11) is 0. The largest absolute Gasteiger partial charge is 0.343 e. The first-order valence-corrected chi connectivity index (χ1v) is 5.58. The maximum absolute atomic E-state index is 11.1. The van der Waals surface area contributed by atoms with Crippen molar-refractivity contribution in [3.8, 4) is 0 Å². The third kappa shape index (κ3) is 3.66. The van der Waals surface area contributed by atoms with Crippen LogP contribution in [0, 0.1) is 5.92 Å². The van der Waals surface area contributed by atoms with Crippen LogP contribution >= 0.6 is 0 Å². The summed E-state index contributed by atoms with van der Waals surface area (Å²) in [5.74, 6) is 0.924. The molecule has 14 heavy (non-hydrogen) atoms. The number of amides is 1. The van der Waals surface area contributed by atoms with Gasteiger partial charge in [-0.15, -0.1) is 0 Å². The Labute approximate surface area is 86.9 Å². The fraction of sp³-hybridized carbons (Fsp3) is 0.909. The highest BCUT2D eigenvalue weighted by atomic mass is 16.2.